The molecule has 1 aliphatic carbocycles. The zero-order valence-corrected chi connectivity index (χ0v) is 21.0. The average molecular weight is 487 g/mol. The standard InChI is InChI=1S/C30H34N2O4/c1-32(2)30(35)23-13-17-27(18-14-23)36-26-15-11-22(12-16-26)28(33)8-5-19-31-29(34)25-10-9-21-6-3-4-7-24(21)20-25/h3-4,6-7,9-12,15-16,20,23,27H,5,8,13-14,17-19H2,1-2H3,(H,31,34). The summed E-state index contributed by atoms with van der Waals surface area (Å²) in [6.07, 6.45) is 4.44. The van der Waals surface area contributed by atoms with E-state index in [2.05, 4.69) is 5.32 Å². The molecule has 0 unspecified atom stereocenters. The van der Waals surface area contributed by atoms with Gasteiger partial charge in [0.1, 0.15) is 5.75 Å². The third-order valence-electron chi connectivity index (χ3n) is 6.82. The van der Waals surface area contributed by atoms with Crippen molar-refractivity contribution in [2.45, 2.75) is 44.6 Å². The minimum atomic E-state index is -0.130. The number of nitrogens with zero attached hydrogens (tertiary/aromatic N) is 1. The zero-order chi connectivity index (χ0) is 25.5. The number of carbonyl (C=O) groups is 3. The van der Waals surface area contributed by atoms with Gasteiger partial charge >= 0.3 is 0 Å². The smallest absolute Gasteiger partial charge is 0.251 e. The van der Waals surface area contributed by atoms with E-state index in [0.717, 1.165) is 42.2 Å². The van der Waals surface area contributed by atoms with Crippen molar-refractivity contribution < 1.29 is 19.1 Å². The third-order valence-corrected chi connectivity index (χ3v) is 6.82. The highest BCUT2D eigenvalue weighted by molar-refractivity contribution is 5.99. The molecule has 0 heterocycles. The van der Waals surface area contributed by atoms with Crippen LogP contribution in [-0.4, -0.2) is 49.2 Å². The van der Waals surface area contributed by atoms with E-state index >= 15 is 0 Å². The Labute approximate surface area is 212 Å². The zero-order valence-electron chi connectivity index (χ0n) is 21.0. The summed E-state index contributed by atoms with van der Waals surface area (Å²) >= 11 is 0. The summed E-state index contributed by atoms with van der Waals surface area (Å²) in [4.78, 5) is 38.8. The lowest BCUT2D eigenvalue weighted by atomic mass is 9.86. The molecular weight excluding hydrogens is 452 g/mol. The monoisotopic (exact) mass is 486 g/mol. The summed E-state index contributed by atoms with van der Waals surface area (Å²) < 4.78 is 6.09. The molecule has 36 heavy (non-hydrogen) atoms. The lowest BCUT2D eigenvalue weighted by Crippen LogP contribution is -2.34. The van der Waals surface area contributed by atoms with Gasteiger partial charge in [0, 0.05) is 44.1 Å². The Morgan fingerprint density at radius 3 is 2.22 bits per heavy atom. The van der Waals surface area contributed by atoms with Gasteiger partial charge in [-0.25, -0.2) is 0 Å². The van der Waals surface area contributed by atoms with E-state index in [1.807, 2.05) is 54.6 Å². The largest absolute Gasteiger partial charge is 0.490 e. The first-order valence-electron chi connectivity index (χ1n) is 12.7. The summed E-state index contributed by atoms with van der Waals surface area (Å²) in [5.74, 6) is 0.956. The van der Waals surface area contributed by atoms with Crippen LogP contribution in [-0.2, 0) is 4.79 Å². The minimum absolute atomic E-state index is 0.0456. The topological polar surface area (TPSA) is 75.7 Å². The number of ketones is 1. The van der Waals surface area contributed by atoms with Crippen LogP contribution >= 0.6 is 0 Å². The molecule has 3 aromatic carbocycles. The Morgan fingerprint density at radius 1 is 0.861 bits per heavy atom. The van der Waals surface area contributed by atoms with Crippen LogP contribution in [0.3, 0.4) is 0 Å². The number of carbonyl (C=O) groups excluding carboxylic acids is 3. The first-order chi connectivity index (χ1) is 17.4. The second-order valence-corrected chi connectivity index (χ2v) is 9.69. The molecule has 0 radical (unpaired) electrons. The predicted molar refractivity (Wildman–Crippen MR) is 141 cm³/mol. The SMILES string of the molecule is CN(C)C(=O)C1CCC(Oc2ccc(C(=O)CCCNC(=O)c3ccc4ccccc4c3)cc2)CC1. The van der Waals surface area contributed by atoms with Gasteiger partial charge in [-0.05, 0) is 79.3 Å². The van der Waals surface area contributed by atoms with E-state index in [-0.39, 0.29) is 29.6 Å². The normalized spacial score (nSPS) is 17.4. The van der Waals surface area contributed by atoms with Gasteiger partial charge in [0.05, 0.1) is 6.10 Å². The number of fused-ring (bicyclic) bond motifs is 1. The highest BCUT2D eigenvalue weighted by atomic mass is 16.5. The fraction of sp³-hybridized carbons (Fsp3) is 0.367. The second-order valence-electron chi connectivity index (χ2n) is 9.69. The molecule has 188 valence electrons. The van der Waals surface area contributed by atoms with Crippen molar-refractivity contribution in [2.75, 3.05) is 20.6 Å². The Morgan fingerprint density at radius 2 is 1.53 bits per heavy atom. The van der Waals surface area contributed by atoms with Crippen molar-refractivity contribution in [3.63, 3.8) is 0 Å². The van der Waals surface area contributed by atoms with Crippen molar-refractivity contribution in [3.05, 3.63) is 77.9 Å². The summed E-state index contributed by atoms with van der Waals surface area (Å²) in [6, 6.07) is 20.9. The van der Waals surface area contributed by atoms with E-state index in [9.17, 15) is 14.4 Å². The van der Waals surface area contributed by atoms with Gasteiger partial charge in [-0.15, -0.1) is 0 Å². The average Bonchev–Trinajstić information content (AvgIpc) is 2.91. The van der Waals surface area contributed by atoms with E-state index < -0.39 is 0 Å². The van der Waals surface area contributed by atoms with Crippen molar-refractivity contribution in [3.8, 4) is 5.75 Å². The van der Waals surface area contributed by atoms with Crippen molar-refractivity contribution in [2.24, 2.45) is 5.92 Å². The maximum absolute atomic E-state index is 12.6. The van der Waals surface area contributed by atoms with Crippen LogP contribution < -0.4 is 10.1 Å². The molecule has 1 saturated carbocycles. The molecule has 1 fully saturated rings. The van der Waals surface area contributed by atoms with Gasteiger partial charge in [-0.1, -0.05) is 30.3 Å². The highest BCUT2D eigenvalue weighted by Gasteiger charge is 2.28. The number of benzene rings is 3. The number of rotatable bonds is 9. The predicted octanol–water partition coefficient (Wildman–Crippen LogP) is 5.26. The van der Waals surface area contributed by atoms with Gasteiger partial charge in [0.15, 0.2) is 5.78 Å². The number of hydrogen-bond acceptors (Lipinski definition) is 4. The molecule has 0 saturated heterocycles. The van der Waals surface area contributed by atoms with Crippen molar-refractivity contribution in [1.29, 1.82) is 0 Å². The van der Waals surface area contributed by atoms with Crippen LogP contribution in [0.5, 0.6) is 5.75 Å². The van der Waals surface area contributed by atoms with Gasteiger partial charge in [-0.2, -0.15) is 0 Å². The lowest BCUT2D eigenvalue weighted by molar-refractivity contribution is -0.134. The van der Waals surface area contributed by atoms with Gasteiger partial charge < -0.3 is 15.0 Å². The molecule has 6 heteroatoms. The van der Waals surface area contributed by atoms with Crippen LogP contribution in [0.2, 0.25) is 0 Å². The Bertz CT molecular complexity index is 1210. The molecule has 0 spiro atoms. The van der Waals surface area contributed by atoms with Gasteiger partial charge in [0.2, 0.25) is 5.91 Å². The van der Waals surface area contributed by atoms with E-state index in [1.165, 1.54) is 0 Å². The molecule has 3 aromatic rings. The maximum Gasteiger partial charge on any atom is 0.251 e. The van der Waals surface area contributed by atoms with Crippen LogP contribution in [0, 0.1) is 5.92 Å². The molecule has 6 nitrogen and oxygen atoms in total. The van der Waals surface area contributed by atoms with Crippen LogP contribution in [0.4, 0.5) is 0 Å². The number of hydrogen-bond donors (Lipinski definition) is 1. The van der Waals surface area contributed by atoms with E-state index in [4.69, 9.17) is 4.74 Å². The van der Waals surface area contributed by atoms with Gasteiger partial charge in [-0.3, -0.25) is 14.4 Å². The molecule has 1 aliphatic rings. The lowest BCUT2D eigenvalue weighted by Gasteiger charge is -2.29. The number of Topliss-reactive ketones (excluding diaryl/α,β-unsaturated/α-hetero) is 1. The molecule has 0 aliphatic heterocycles. The molecule has 2 amide bonds. The van der Waals surface area contributed by atoms with Crippen molar-refractivity contribution >= 4 is 28.4 Å². The second kappa shape index (κ2) is 11.8. The molecule has 1 N–H and O–H groups in total. The summed E-state index contributed by atoms with van der Waals surface area (Å²) in [7, 11) is 3.60. The van der Waals surface area contributed by atoms with Crippen LogP contribution in [0.15, 0.2) is 66.7 Å². The molecule has 0 aromatic heterocycles. The Kier molecular flexibility index (Phi) is 8.36. The van der Waals surface area contributed by atoms with Gasteiger partial charge in [0.25, 0.3) is 5.91 Å². The first kappa shape index (κ1) is 25.4. The summed E-state index contributed by atoms with van der Waals surface area (Å²) in [6.45, 7) is 0.442. The molecule has 0 atom stereocenters. The molecule has 4 rings (SSSR count). The number of amides is 2. The fourth-order valence-corrected chi connectivity index (χ4v) is 4.73. The first-order valence-corrected chi connectivity index (χ1v) is 12.7. The number of ether oxygens (including phenoxy) is 1. The molecule has 0 bridgehead atoms. The summed E-state index contributed by atoms with van der Waals surface area (Å²) in [5.41, 5.74) is 1.26. The quantitative estimate of drug-likeness (QED) is 0.331. The van der Waals surface area contributed by atoms with Crippen LogP contribution in [0.25, 0.3) is 10.8 Å². The fourth-order valence-electron chi connectivity index (χ4n) is 4.73. The van der Waals surface area contributed by atoms with E-state index in [1.54, 1.807) is 31.1 Å². The number of nitrogens with one attached hydrogen (secondary N) is 1. The third kappa shape index (κ3) is 6.51. The Balaban J connectivity index is 1.18. The molecular formula is C30H34N2O4. The highest BCUT2D eigenvalue weighted by Crippen LogP contribution is 2.29. The Hall–Kier alpha value is -3.67. The van der Waals surface area contributed by atoms with Crippen LogP contribution in [0.1, 0.15) is 59.2 Å². The maximum atomic E-state index is 12.6. The van der Waals surface area contributed by atoms with E-state index in [0.29, 0.717) is 30.5 Å². The summed E-state index contributed by atoms with van der Waals surface area (Å²) in [5, 5.41) is 5.03. The van der Waals surface area contributed by atoms with Crippen molar-refractivity contribution in [1.82, 2.24) is 10.2 Å². The minimum Gasteiger partial charge on any atom is -0.490 e.